The van der Waals surface area contributed by atoms with Crippen LogP contribution in [-0.4, -0.2) is 73.7 Å². The molecule has 0 aliphatic carbocycles. The average Bonchev–Trinajstić information content (AvgIpc) is 3.54. The Morgan fingerprint density at radius 3 is 3.26 bits per heavy atom. The molecule has 3 aromatic heterocycles. The SMILES string of the molecule is [3H]POCC1OC(n2cnc3c(NCCNC(=O)C=Cc4cnc[nH]4)ncnc32)CC1O. The number of hydrogen-bond donors (Lipinski definition) is 4. The van der Waals surface area contributed by atoms with E-state index in [1.165, 1.54) is 12.4 Å². The highest BCUT2D eigenvalue weighted by Crippen LogP contribution is 2.32. The number of aliphatic hydroxyl groups is 1. The number of fused-ring (bicyclic) bond motifs is 1. The first kappa shape index (κ1) is 20.0. The van der Waals surface area contributed by atoms with E-state index in [1.54, 1.807) is 29.5 Å². The van der Waals surface area contributed by atoms with Crippen LogP contribution in [0.3, 0.4) is 0 Å². The molecule has 4 rings (SSSR count). The summed E-state index contributed by atoms with van der Waals surface area (Å²) in [6, 6.07) is 0. The van der Waals surface area contributed by atoms with E-state index in [0.717, 1.165) is 5.69 Å². The molecule has 12 nitrogen and oxygen atoms in total. The van der Waals surface area contributed by atoms with Crippen LogP contribution in [0.5, 0.6) is 0 Å². The van der Waals surface area contributed by atoms with E-state index in [2.05, 4.69) is 35.6 Å². The number of nitrogens with zero attached hydrogens (tertiary/aromatic N) is 5. The van der Waals surface area contributed by atoms with Crippen molar-refractivity contribution in [3.05, 3.63) is 36.9 Å². The first-order valence-electron chi connectivity index (χ1n) is 10.1. The van der Waals surface area contributed by atoms with Gasteiger partial charge < -0.3 is 30.0 Å². The van der Waals surface area contributed by atoms with E-state index >= 15 is 0 Å². The Balaban J connectivity index is 1.33. The molecule has 0 spiro atoms. The molecular weight excluding hydrogens is 423 g/mol. The lowest BCUT2D eigenvalue weighted by atomic mass is 10.2. The van der Waals surface area contributed by atoms with Crippen molar-refractivity contribution in [3.8, 4) is 0 Å². The van der Waals surface area contributed by atoms with Gasteiger partial charge in [-0.3, -0.25) is 9.36 Å². The van der Waals surface area contributed by atoms with Crippen molar-refractivity contribution in [1.82, 2.24) is 34.8 Å². The van der Waals surface area contributed by atoms with Crippen LogP contribution < -0.4 is 10.6 Å². The molecule has 1 aliphatic heterocycles. The normalized spacial score (nSPS) is 22.0. The number of aromatic amines is 1. The van der Waals surface area contributed by atoms with Gasteiger partial charge in [0.25, 0.3) is 0 Å². The van der Waals surface area contributed by atoms with Gasteiger partial charge in [-0.25, -0.2) is 19.9 Å². The number of aromatic nitrogens is 6. The first-order valence-corrected chi connectivity index (χ1v) is 10.0. The van der Waals surface area contributed by atoms with Gasteiger partial charge in [0.15, 0.2) is 17.0 Å². The second kappa shape index (κ2) is 9.92. The number of carbonyl (C=O) groups is 1. The number of ether oxygens (including phenoxy) is 1. The number of H-pyrrole nitrogens is 1. The minimum atomic E-state index is -0.695. The predicted octanol–water partition coefficient (Wildman–Crippen LogP) is 0.246. The molecule has 1 fully saturated rings. The lowest BCUT2D eigenvalue weighted by molar-refractivity contribution is -0.116. The van der Waals surface area contributed by atoms with Gasteiger partial charge in [0.2, 0.25) is 5.91 Å². The number of aliphatic hydroxyl groups excluding tert-OH is 1. The summed E-state index contributed by atoms with van der Waals surface area (Å²) in [6.45, 7) is 0.986. The molecule has 31 heavy (non-hydrogen) atoms. The van der Waals surface area contributed by atoms with Gasteiger partial charge in [0, 0.05) is 35.0 Å². The molecule has 13 heteroatoms. The summed E-state index contributed by atoms with van der Waals surface area (Å²) in [6.07, 6.45) is 7.97. The summed E-state index contributed by atoms with van der Waals surface area (Å²) < 4.78 is 19.8. The topological polar surface area (TPSA) is 152 Å². The third-order valence-electron chi connectivity index (χ3n) is 4.77. The Kier molecular flexibility index (Phi) is 6.41. The highest BCUT2D eigenvalue weighted by molar-refractivity contribution is 7.09. The number of amides is 1. The van der Waals surface area contributed by atoms with E-state index in [0.29, 0.717) is 36.5 Å². The average molecular weight is 448 g/mol. The van der Waals surface area contributed by atoms with Crippen LogP contribution in [0.1, 0.15) is 18.3 Å². The number of nitrogens with one attached hydrogen (secondary N) is 3. The maximum Gasteiger partial charge on any atom is 0.244 e. The molecule has 164 valence electrons. The third-order valence-corrected chi connectivity index (χ3v) is 4.94. The van der Waals surface area contributed by atoms with Crippen molar-refractivity contribution in [3.63, 3.8) is 0 Å². The highest BCUT2D eigenvalue weighted by Gasteiger charge is 2.35. The van der Waals surface area contributed by atoms with Crippen LogP contribution in [0, 0.1) is 0 Å². The molecule has 1 aliphatic rings. The lowest BCUT2D eigenvalue weighted by Crippen LogP contribution is -2.27. The van der Waals surface area contributed by atoms with Crippen molar-refractivity contribution < 1.29 is 19.2 Å². The zero-order valence-electron chi connectivity index (χ0n) is 17.4. The van der Waals surface area contributed by atoms with Crippen molar-refractivity contribution >= 4 is 38.4 Å². The predicted molar refractivity (Wildman–Crippen MR) is 115 cm³/mol. The van der Waals surface area contributed by atoms with Gasteiger partial charge >= 0.3 is 0 Å². The maximum absolute atomic E-state index is 11.9. The molecule has 0 radical (unpaired) electrons. The summed E-state index contributed by atoms with van der Waals surface area (Å²) >= 11 is 0. The van der Waals surface area contributed by atoms with Gasteiger partial charge in [0.1, 0.15) is 18.7 Å². The van der Waals surface area contributed by atoms with Gasteiger partial charge in [-0.05, 0) is 6.08 Å². The standard InChI is InChI=1S/C18H23N8O4P/c27-12-5-15(30-13(12)7-29-31)26-10-25-16-17(23-9-24-18(16)26)21-4-3-20-14(28)2-1-11-6-19-8-22-11/h1-2,6,8-10,12-13,15,27H,3-5,7,31H2,(H,19,22)(H,20,28)(H,21,23,24)/i31T. The van der Waals surface area contributed by atoms with Gasteiger partial charge in [0.05, 0.1) is 38.5 Å². The molecule has 4 atom stereocenters. The maximum atomic E-state index is 11.9. The number of hydrogen-bond acceptors (Lipinski definition) is 9. The third kappa shape index (κ3) is 5.05. The summed E-state index contributed by atoms with van der Waals surface area (Å²) in [4.78, 5) is 31.6. The Morgan fingerprint density at radius 2 is 2.42 bits per heavy atom. The molecule has 1 amide bonds. The van der Waals surface area contributed by atoms with Gasteiger partial charge in [-0.1, -0.05) is 0 Å². The molecule has 0 saturated carbocycles. The van der Waals surface area contributed by atoms with Crippen molar-refractivity contribution in [1.29, 1.82) is 1.28 Å². The van der Waals surface area contributed by atoms with Crippen LogP contribution >= 0.6 is 9.41 Å². The second-order valence-corrected chi connectivity index (χ2v) is 7.14. The van der Waals surface area contributed by atoms with Crippen molar-refractivity contribution in [2.45, 2.75) is 24.9 Å². The smallest absolute Gasteiger partial charge is 0.244 e. The molecule has 0 aromatic carbocycles. The first-order chi connectivity index (χ1) is 15.7. The monoisotopic (exact) mass is 448 g/mol. The second-order valence-electron chi connectivity index (χ2n) is 6.85. The van der Waals surface area contributed by atoms with Gasteiger partial charge in [-0.2, -0.15) is 0 Å². The quantitative estimate of drug-likeness (QED) is 0.194. The summed E-state index contributed by atoms with van der Waals surface area (Å²) in [5.41, 5.74) is 1.87. The number of carbonyl (C=O) groups excluding carboxylic acids is 1. The van der Waals surface area contributed by atoms with Gasteiger partial charge in [-0.15, -0.1) is 0 Å². The Morgan fingerprint density at radius 1 is 1.48 bits per heavy atom. The van der Waals surface area contributed by atoms with E-state index in [-0.39, 0.29) is 12.5 Å². The van der Waals surface area contributed by atoms with Crippen molar-refractivity contribution in [2.24, 2.45) is 0 Å². The molecular formula is C18H23N8O4P. The van der Waals surface area contributed by atoms with Crippen molar-refractivity contribution in [2.75, 3.05) is 25.0 Å². The number of anilines is 1. The molecule has 0 bridgehead atoms. The molecule has 4 N–H and O–H groups in total. The number of imidazole rings is 2. The molecule has 1 saturated heterocycles. The zero-order valence-corrected chi connectivity index (χ0v) is 17.4. The van der Waals surface area contributed by atoms with Crippen LogP contribution in [0.2, 0.25) is 0 Å². The van der Waals surface area contributed by atoms with E-state index in [4.69, 9.17) is 10.5 Å². The molecule has 3 aromatic rings. The zero-order chi connectivity index (χ0) is 22.3. The van der Waals surface area contributed by atoms with E-state index in [1.807, 2.05) is 0 Å². The Bertz CT molecular complexity index is 1060. The number of rotatable bonds is 10. The van der Waals surface area contributed by atoms with Crippen LogP contribution in [0.15, 0.2) is 31.3 Å². The minimum absolute atomic E-state index is 0.164. The summed E-state index contributed by atoms with van der Waals surface area (Å²) in [5, 5.41) is 16.1. The largest absolute Gasteiger partial charge is 0.390 e. The Hall–Kier alpha value is -2.92. The fourth-order valence-corrected chi connectivity index (χ4v) is 3.42. The summed E-state index contributed by atoms with van der Waals surface area (Å²) in [5.74, 6) is 0.310. The summed E-state index contributed by atoms with van der Waals surface area (Å²) in [7, 11) is -0.409. The fraction of sp³-hybridized carbons (Fsp3) is 0.389. The van der Waals surface area contributed by atoms with Crippen LogP contribution in [-0.2, 0) is 14.1 Å². The lowest BCUT2D eigenvalue weighted by Gasteiger charge is -2.14. The fourth-order valence-electron chi connectivity index (χ4n) is 3.26. The highest BCUT2D eigenvalue weighted by atomic mass is 31.0. The van der Waals surface area contributed by atoms with E-state index in [9.17, 15) is 9.90 Å². The molecule has 4 unspecified atom stereocenters. The van der Waals surface area contributed by atoms with Crippen LogP contribution in [0.25, 0.3) is 17.2 Å². The molecule has 4 heterocycles. The minimum Gasteiger partial charge on any atom is -0.390 e. The Labute approximate surface area is 181 Å². The van der Waals surface area contributed by atoms with E-state index < -0.39 is 27.8 Å². The van der Waals surface area contributed by atoms with Crippen LogP contribution in [0.4, 0.5) is 5.82 Å².